The molecule has 1 atom stereocenters. The smallest absolute Gasteiger partial charge is 0.289 e. The third-order valence-electron chi connectivity index (χ3n) is 7.38. The number of rotatable bonds is 8. The first-order chi connectivity index (χ1) is 16.8. The number of hydrogen-bond acceptors (Lipinski definition) is 4. The quantitative estimate of drug-likeness (QED) is 0.452. The standard InChI is InChI=1S/C27H34F2N4O2/c1-5-33-19(3)23(18(2)30-33)17-32-12-10-20(11-13-32)25(15-21-8-9-22(28)16-24(21)29)31(4)27(34)26-7-6-14-35-26/h6-9,14,16,20,25H,5,10-13,15,17H2,1-4H3. The van der Waals surface area contributed by atoms with Gasteiger partial charge in [0.1, 0.15) is 11.6 Å². The van der Waals surface area contributed by atoms with Gasteiger partial charge in [-0.25, -0.2) is 8.78 Å². The first-order valence-corrected chi connectivity index (χ1v) is 12.3. The molecule has 0 N–H and O–H groups in total. The average molecular weight is 485 g/mol. The van der Waals surface area contributed by atoms with Crippen molar-refractivity contribution >= 4 is 5.91 Å². The zero-order valence-electron chi connectivity index (χ0n) is 20.9. The van der Waals surface area contributed by atoms with Crippen molar-refractivity contribution in [2.75, 3.05) is 20.1 Å². The molecule has 188 valence electrons. The predicted octanol–water partition coefficient (Wildman–Crippen LogP) is 4.99. The molecule has 3 aromatic rings. The first-order valence-electron chi connectivity index (χ1n) is 12.3. The summed E-state index contributed by atoms with van der Waals surface area (Å²) in [6.07, 6.45) is 3.55. The zero-order valence-corrected chi connectivity index (χ0v) is 20.9. The second-order valence-electron chi connectivity index (χ2n) is 9.48. The largest absolute Gasteiger partial charge is 0.459 e. The summed E-state index contributed by atoms with van der Waals surface area (Å²) in [5.74, 6) is -0.977. The molecule has 1 aromatic carbocycles. The number of carbonyl (C=O) groups is 1. The summed E-state index contributed by atoms with van der Waals surface area (Å²) in [7, 11) is 1.75. The number of aromatic nitrogens is 2. The number of aryl methyl sites for hydroxylation is 2. The van der Waals surface area contributed by atoms with Gasteiger partial charge < -0.3 is 9.32 Å². The third kappa shape index (κ3) is 5.48. The molecule has 0 radical (unpaired) electrons. The summed E-state index contributed by atoms with van der Waals surface area (Å²) < 4.78 is 35.4. The highest BCUT2D eigenvalue weighted by molar-refractivity contribution is 5.91. The Balaban J connectivity index is 1.49. The van der Waals surface area contributed by atoms with Gasteiger partial charge in [-0.15, -0.1) is 0 Å². The molecule has 0 saturated carbocycles. The summed E-state index contributed by atoms with van der Waals surface area (Å²) >= 11 is 0. The van der Waals surface area contributed by atoms with E-state index in [1.165, 1.54) is 29.7 Å². The minimum absolute atomic E-state index is 0.181. The Morgan fingerprint density at radius 3 is 2.57 bits per heavy atom. The molecule has 1 amide bonds. The van der Waals surface area contributed by atoms with Gasteiger partial charge in [0.15, 0.2) is 5.76 Å². The van der Waals surface area contributed by atoms with Crippen LogP contribution in [0.5, 0.6) is 0 Å². The van der Waals surface area contributed by atoms with Crippen LogP contribution < -0.4 is 0 Å². The highest BCUT2D eigenvalue weighted by atomic mass is 19.1. The van der Waals surface area contributed by atoms with Gasteiger partial charge >= 0.3 is 0 Å². The molecule has 0 aliphatic carbocycles. The van der Waals surface area contributed by atoms with Crippen LogP contribution in [-0.2, 0) is 19.5 Å². The maximum atomic E-state index is 14.5. The minimum atomic E-state index is -0.604. The SMILES string of the molecule is CCn1nc(C)c(CN2CCC(C(Cc3ccc(F)cc3F)N(C)C(=O)c3ccco3)CC2)c1C. The molecule has 8 heteroatoms. The van der Waals surface area contributed by atoms with Crippen molar-refractivity contribution in [3.05, 3.63) is 76.5 Å². The summed E-state index contributed by atoms with van der Waals surface area (Å²) in [5, 5.41) is 4.64. The zero-order chi connectivity index (χ0) is 25.1. The van der Waals surface area contributed by atoms with Crippen molar-refractivity contribution in [3.8, 4) is 0 Å². The summed E-state index contributed by atoms with van der Waals surface area (Å²) in [6, 6.07) is 6.74. The number of furan rings is 1. The molecular weight excluding hydrogens is 450 g/mol. The van der Waals surface area contributed by atoms with Crippen molar-refractivity contribution in [2.45, 2.75) is 59.2 Å². The molecule has 1 aliphatic heterocycles. The van der Waals surface area contributed by atoms with Crippen molar-refractivity contribution in [1.82, 2.24) is 19.6 Å². The van der Waals surface area contributed by atoms with Gasteiger partial charge in [0.2, 0.25) is 0 Å². The number of amides is 1. The Morgan fingerprint density at radius 1 is 1.23 bits per heavy atom. The van der Waals surface area contributed by atoms with Crippen LogP contribution in [-0.4, -0.2) is 51.7 Å². The molecule has 1 fully saturated rings. The van der Waals surface area contributed by atoms with Crippen LogP contribution in [0.4, 0.5) is 8.78 Å². The number of piperidine rings is 1. The van der Waals surface area contributed by atoms with Crippen molar-refractivity contribution in [3.63, 3.8) is 0 Å². The Kier molecular flexibility index (Phi) is 7.69. The minimum Gasteiger partial charge on any atom is -0.459 e. The lowest BCUT2D eigenvalue weighted by atomic mass is 9.84. The lowest BCUT2D eigenvalue weighted by Crippen LogP contribution is -2.47. The molecule has 35 heavy (non-hydrogen) atoms. The fraction of sp³-hybridized carbons (Fsp3) is 0.481. The van der Waals surface area contributed by atoms with E-state index in [0.29, 0.717) is 12.0 Å². The second-order valence-corrected chi connectivity index (χ2v) is 9.48. The summed E-state index contributed by atoms with van der Waals surface area (Å²) in [5.41, 5.74) is 3.97. The van der Waals surface area contributed by atoms with E-state index in [1.54, 1.807) is 24.1 Å². The van der Waals surface area contributed by atoms with Gasteiger partial charge in [0.05, 0.1) is 12.0 Å². The van der Waals surface area contributed by atoms with Crippen LogP contribution in [0.1, 0.15) is 52.8 Å². The lowest BCUT2D eigenvalue weighted by molar-refractivity contribution is 0.0554. The van der Waals surface area contributed by atoms with Gasteiger partial charge in [-0.2, -0.15) is 5.10 Å². The number of halogens is 2. The molecule has 0 spiro atoms. The molecule has 6 nitrogen and oxygen atoms in total. The van der Waals surface area contributed by atoms with Crippen LogP contribution in [0.2, 0.25) is 0 Å². The van der Waals surface area contributed by atoms with E-state index < -0.39 is 11.6 Å². The molecule has 1 aliphatic rings. The van der Waals surface area contributed by atoms with Crippen molar-refractivity contribution < 1.29 is 18.0 Å². The monoisotopic (exact) mass is 484 g/mol. The van der Waals surface area contributed by atoms with E-state index in [4.69, 9.17) is 4.42 Å². The van der Waals surface area contributed by atoms with Gasteiger partial charge in [-0.1, -0.05) is 6.07 Å². The Hall–Kier alpha value is -3.00. The van der Waals surface area contributed by atoms with E-state index in [-0.39, 0.29) is 23.6 Å². The highest BCUT2D eigenvalue weighted by Crippen LogP contribution is 2.29. The summed E-state index contributed by atoms with van der Waals surface area (Å²) in [6.45, 7) is 9.74. The highest BCUT2D eigenvalue weighted by Gasteiger charge is 2.33. The van der Waals surface area contributed by atoms with Gasteiger partial charge in [-0.3, -0.25) is 14.4 Å². The van der Waals surface area contributed by atoms with E-state index in [0.717, 1.165) is 50.8 Å². The number of likely N-dealkylation sites (tertiary alicyclic amines) is 1. The average Bonchev–Trinajstić information content (AvgIpc) is 3.48. The second kappa shape index (κ2) is 10.7. The topological polar surface area (TPSA) is 54.5 Å². The van der Waals surface area contributed by atoms with Crippen LogP contribution >= 0.6 is 0 Å². The van der Waals surface area contributed by atoms with E-state index in [2.05, 4.69) is 30.8 Å². The Bertz CT molecular complexity index is 1150. The molecule has 4 rings (SSSR count). The molecule has 0 bridgehead atoms. The van der Waals surface area contributed by atoms with E-state index in [1.807, 2.05) is 4.68 Å². The van der Waals surface area contributed by atoms with Crippen LogP contribution in [0.3, 0.4) is 0 Å². The fourth-order valence-corrected chi connectivity index (χ4v) is 5.25. The third-order valence-corrected chi connectivity index (χ3v) is 7.38. The van der Waals surface area contributed by atoms with Gasteiger partial charge in [0.25, 0.3) is 5.91 Å². The number of benzene rings is 1. The normalized spacial score (nSPS) is 15.9. The number of hydrogen-bond donors (Lipinski definition) is 0. The first kappa shape index (κ1) is 25.1. The Labute approximate surface area is 205 Å². The molecular formula is C27H34F2N4O2. The number of likely N-dealkylation sites (N-methyl/N-ethyl adjacent to an activating group) is 1. The van der Waals surface area contributed by atoms with Crippen LogP contribution in [0.25, 0.3) is 0 Å². The van der Waals surface area contributed by atoms with Gasteiger partial charge in [0, 0.05) is 43.5 Å². The van der Waals surface area contributed by atoms with Crippen molar-refractivity contribution in [2.24, 2.45) is 5.92 Å². The van der Waals surface area contributed by atoms with E-state index in [9.17, 15) is 13.6 Å². The number of nitrogens with zero attached hydrogens (tertiary/aromatic N) is 4. The number of carbonyl (C=O) groups excluding carboxylic acids is 1. The maximum absolute atomic E-state index is 14.5. The predicted molar refractivity (Wildman–Crippen MR) is 130 cm³/mol. The van der Waals surface area contributed by atoms with E-state index >= 15 is 0 Å². The van der Waals surface area contributed by atoms with Crippen LogP contribution in [0, 0.1) is 31.4 Å². The van der Waals surface area contributed by atoms with Crippen LogP contribution in [0.15, 0.2) is 41.0 Å². The molecule has 1 unspecified atom stereocenters. The Morgan fingerprint density at radius 2 is 1.97 bits per heavy atom. The van der Waals surface area contributed by atoms with Gasteiger partial charge in [-0.05, 0) is 82.8 Å². The summed E-state index contributed by atoms with van der Waals surface area (Å²) in [4.78, 5) is 17.2. The lowest BCUT2D eigenvalue weighted by Gasteiger charge is -2.40. The fourth-order valence-electron chi connectivity index (χ4n) is 5.25. The van der Waals surface area contributed by atoms with Crippen molar-refractivity contribution in [1.29, 1.82) is 0 Å². The molecule has 3 heterocycles. The molecule has 2 aromatic heterocycles. The molecule has 1 saturated heterocycles. The maximum Gasteiger partial charge on any atom is 0.289 e.